The highest BCUT2D eigenvalue weighted by Gasteiger charge is 2.20. The third-order valence-electron chi connectivity index (χ3n) is 11.2. The Labute approximate surface area is 331 Å². The number of ketones is 1. The first-order valence-electron chi connectivity index (χ1n) is 23.6. The zero-order valence-electron chi connectivity index (χ0n) is 36.3. The van der Waals surface area contributed by atoms with Gasteiger partial charge in [0.1, 0.15) is 6.61 Å². The highest BCUT2D eigenvalue weighted by atomic mass is 16.5. The number of aliphatic hydroxyl groups is 1. The van der Waals surface area contributed by atoms with E-state index in [0.29, 0.717) is 19.0 Å². The van der Waals surface area contributed by atoms with Crippen LogP contribution >= 0.6 is 0 Å². The topological polar surface area (TPSA) is 76.1 Å². The van der Waals surface area contributed by atoms with Crippen molar-refractivity contribution in [1.29, 1.82) is 0 Å². The van der Waals surface area contributed by atoms with Crippen LogP contribution in [0.3, 0.4) is 0 Å². The van der Waals surface area contributed by atoms with Crippen molar-refractivity contribution in [3.05, 3.63) is 0 Å². The molecule has 0 aromatic heterocycles. The molecular weight excluding hydrogens is 659 g/mol. The van der Waals surface area contributed by atoms with Gasteiger partial charge in [-0.3, -0.25) is 9.59 Å². The summed E-state index contributed by atoms with van der Waals surface area (Å²) in [5.74, 6) is 0.649. The van der Waals surface area contributed by atoms with Crippen LogP contribution in [0.4, 0.5) is 0 Å². The van der Waals surface area contributed by atoms with Crippen molar-refractivity contribution in [2.24, 2.45) is 11.8 Å². The Bertz CT molecular complexity index is 703. The molecule has 0 aliphatic rings. The molecule has 0 heterocycles. The van der Waals surface area contributed by atoms with Gasteiger partial charge in [0, 0.05) is 25.7 Å². The van der Waals surface area contributed by atoms with E-state index in [4.69, 9.17) is 9.47 Å². The number of aliphatic hydroxyl groups excluding tert-OH is 1. The van der Waals surface area contributed by atoms with Gasteiger partial charge in [-0.05, 0) is 77.3 Å². The van der Waals surface area contributed by atoms with Crippen molar-refractivity contribution >= 4 is 11.8 Å². The third-order valence-corrected chi connectivity index (χ3v) is 11.2. The van der Waals surface area contributed by atoms with E-state index in [9.17, 15) is 14.7 Å². The molecule has 0 rings (SSSR count). The largest absolute Gasteiger partial charge is 0.465 e. The summed E-state index contributed by atoms with van der Waals surface area (Å²) in [5.41, 5.74) is 0. The van der Waals surface area contributed by atoms with E-state index in [2.05, 4.69) is 32.6 Å². The molecule has 0 aromatic carbocycles. The Hall–Kier alpha value is -0.980. The van der Waals surface area contributed by atoms with Gasteiger partial charge in [0.25, 0.3) is 0 Å². The predicted octanol–water partition coefficient (Wildman–Crippen LogP) is 13.2. The smallest absolute Gasteiger partial charge is 0.308 e. The van der Waals surface area contributed by atoms with E-state index in [1.165, 1.54) is 116 Å². The fourth-order valence-corrected chi connectivity index (χ4v) is 7.54. The highest BCUT2D eigenvalue weighted by molar-refractivity contribution is 5.82. The number of carbonyl (C=O) groups excluding carboxylic acids is 2. The highest BCUT2D eigenvalue weighted by Crippen LogP contribution is 2.22. The Kier molecular flexibility index (Phi) is 41.4. The SMILES string of the molecule is CCCCCCCCC(CCCCCC)C(=O)COCCCCCN(CCCO)CCCCCCOC(=O)C(CCCCCC)CCCCCCCC. The Morgan fingerprint density at radius 3 is 1.34 bits per heavy atom. The van der Waals surface area contributed by atoms with Gasteiger partial charge in [-0.1, -0.05) is 169 Å². The van der Waals surface area contributed by atoms with E-state index in [1.54, 1.807) is 0 Å². The van der Waals surface area contributed by atoms with Crippen LogP contribution in [-0.2, 0) is 19.1 Å². The lowest BCUT2D eigenvalue weighted by Gasteiger charge is -2.22. The molecule has 2 atom stereocenters. The maximum atomic E-state index is 13.0. The van der Waals surface area contributed by atoms with Crippen LogP contribution in [0, 0.1) is 11.8 Å². The molecule has 0 saturated carbocycles. The number of hydrogen-bond donors (Lipinski definition) is 1. The minimum atomic E-state index is 0.0488. The number of Topliss-reactive ketones (excluding diaryl/α,β-unsaturated/α-hetero) is 1. The summed E-state index contributed by atoms with van der Waals surface area (Å²) in [6, 6.07) is 0. The van der Waals surface area contributed by atoms with Crippen molar-refractivity contribution in [1.82, 2.24) is 4.90 Å². The van der Waals surface area contributed by atoms with Gasteiger partial charge in [-0.2, -0.15) is 0 Å². The van der Waals surface area contributed by atoms with Crippen molar-refractivity contribution < 1.29 is 24.2 Å². The molecule has 0 spiro atoms. The van der Waals surface area contributed by atoms with Gasteiger partial charge >= 0.3 is 5.97 Å². The molecule has 2 unspecified atom stereocenters. The minimum Gasteiger partial charge on any atom is -0.465 e. The second kappa shape index (κ2) is 42.2. The second-order valence-corrected chi connectivity index (χ2v) is 16.3. The average molecular weight is 752 g/mol. The first-order valence-corrected chi connectivity index (χ1v) is 23.6. The number of ether oxygens (including phenoxy) is 2. The van der Waals surface area contributed by atoms with Crippen molar-refractivity contribution in [2.75, 3.05) is 46.1 Å². The van der Waals surface area contributed by atoms with E-state index in [0.717, 1.165) is 110 Å². The molecule has 0 radical (unpaired) electrons. The van der Waals surface area contributed by atoms with Crippen LogP contribution in [0.1, 0.15) is 233 Å². The van der Waals surface area contributed by atoms with E-state index in [1.807, 2.05) is 0 Å². The lowest BCUT2D eigenvalue weighted by molar-refractivity contribution is -0.149. The monoisotopic (exact) mass is 752 g/mol. The molecule has 0 bridgehead atoms. The Morgan fingerprint density at radius 2 is 0.830 bits per heavy atom. The molecule has 1 N–H and O–H groups in total. The molecule has 6 heteroatoms. The normalized spacial score (nSPS) is 12.8. The van der Waals surface area contributed by atoms with E-state index >= 15 is 0 Å². The molecule has 0 aromatic rings. The quantitative estimate of drug-likeness (QED) is 0.0493. The molecule has 0 aliphatic carbocycles. The molecular formula is C47H93NO5. The number of unbranched alkanes of at least 4 members (excludes halogenated alkanes) is 21. The van der Waals surface area contributed by atoms with Gasteiger partial charge in [0.05, 0.1) is 12.5 Å². The summed E-state index contributed by atoms with van der Waals surface area (Å²) in [7, 11) is 0. The number of hydrogen-bond acceptors (Lipinski definition) is 6. The molecule has 316 valence electrons. The Morgan fingerprint density at radius 1 is 0.453 bits per heavy atom. The first-order chi connectivity index (χ1) is 26.0. The number of carbonyl (C=O) groups is 2. The van der Waals surface area contributed by atoms with E-state index < -0.39 is 0 Å². The van der Waals surface area contributed by atoms with Gasteiger partial charge in [0.15, 0.2) is 5.78 Å². The number of esters is 1. The number of rotatable bonds is 44. The molecule has 6 nitrogen and oxygen atoms in total. The molecule has 0 saturated heterocycles. The zero-order valence-corrected chi connectivity index (χ0v) is 36.3. The zero-order chi connectivity index (χ0) is 38.9. The molecule has 53 heavy (non-hydrogen) atoms. The van der Waals surface area contributed by atoms with Gasteiger partial charge in [-0.15, -0.1) is 0 Å². The maximum absolute atomic E-state index is 13.0. The van der Waals surface area contributed by atoms with Crippen molar-refractivity contribution in [3.8, 4) is 0 Å². The van der Waals surface area contributed by atoms with Gasteiger partial charge in [0.2, 0.25) is 0 Å². The molecule has 0 fully saturated rings. The minimum absolute atomic E-state index is 0.0488. The summed E-state index contributed by atoms with van der Waals surface area (Å²) in [6.07, 6.45) is 37.4. The van der Waals surface area contributed by atoms with Crippen molar-refractivity contribution in [2.45, 2.75) is 233 Å². The summed E-state index contributed by atoms with van der Waals surface area (Å²) >= 11 is 0. The van der Waals surface area contributed by atoms with Crippen LogP contribution < -0.4 is 0 Å². The fraction of sp³-hybridized carbons (Fsp3) is 0.957. The lowest BCUT2D eigenvalue weighted by atomic mass is 9.91. The van der Waals surface area contributed by atoms with Crippen LogP contribution in [0.25, 0.3) is 0 Å². The standard InChI is InChI=1S/C47H93NO5/c1-5-9-13-17-19-26-34-44(33-24-15-11-7-3)46(50)43-52-41-30-23-29-38-48(39-32-40-49)37-28-21-22-31-42-53-47(51)45(35-25-16-12-8-4)36-27-20-18-14-10-6-2/h44-45,49H,5-43H2,1-4H3. The maximum Gasteiger partial charge on any atom is 0.308 e. The average Bonchev–Trinajstić information content (AvgIpc) is 3.16. The summed E-state index contributed by atoms with van der Waals surface area (Å²) in [6.45, 7) is 13.8. The fourth-order valence-electron chi connectivity index (χ4n) is 7.54. The van der Waals surface area contributed by atoms with Crippen LogP contribution in [0.2, 0.25) is 0 Å². The summed E-state index contributed by atoms with van der Waals surface area (Å²) < 4.78 is 11.7. The molecule has 0 aliphatic heterocycles. The van der Waals surface area contributed by atoms with Crippen molar-refractivity contribution in [3.63, 3.8) is 0 Å². The first kappa shape index (κ1) is 52.0. The lowest BCUT2D eigenvalue weighted by Crippen LogP contribution is -2.28. The van der Waals surface area contributed by atoms with Gasteiger partial charge in [-0.25, -0.2) is 0 Å². The summed E-state index contributed by atoms with van der Waals surface area (Å²) in [5, 5.41) is 9.43. The third kappa shape index (κ3) is 35.2. The predicted molar refractivity (Wildman–Crippen MR) is 228 cm³/mol. The number of nitrogens with zero attached hydrogens (tertiary/aromatic N) is 1. The van der Waals surface area contributed by atoms with Crippen LogP contribution in [0.15, 0.2) is 0 Å². The second-order valence-electron chi connectivity index (χ2n) is 16.3. The van der Waals surface area contributed by atoms with Crippen LogP contribution in [0.5, 0.6) is 0 Å². The van der Waals surface area contributed by atoms with E-state index in [-0.39, 0.29) is 31.0 Å². The molecule has 0 amide bonds. The van der Waals surface area contributed by atoms with Gasteiger partial charge < -0.3 is 19.5 Å². The Balaban J connectivity index is 4.28. The van der Waals surface area contributed by atoms with Crippen LogP contribution in [-0.4, -0.2) is 67.8 Å². The summed E-state index contributed by atoms with van der Waals surface area (Å²) in [4.78, 5) is 28.5.